The number of hydrogen-bond acceptors (Lipinski definition) is 5. The summed E-state index contributed by atoms with van der Waals surface area (Å²) >= 11 is 0. The molecule has 25 heavy (non-hydrogen) atoms. The van der Waals surface area contributed by atoms with Crippen molar-refractivity contribution in [2.75, 3.05) is 5.32 Å². The van der Waals surface area contributed by atoms with Crippen molar-refractivity contribution < 1.29 is 17.9 Å². The van der Waals surface area contributed by atoms with E-state index in [0.717, 1.165) is 16.8 Å². The maximum atomic E-state index is 12.2. The predicted octanol–water partition coefficient (Wildman–Crippen LogP) is 4.49. The highest BCUT2D eigenvalue weighted by Gasteiger charge is 2.30. The average molecular weight is 346 g/mol. The number of halogens is 3. The van der Waals surface area contributed by atoms with Gasteiger partial charge in [0.25, 0.3) is 0 Å². The van der Waals surface area contributed by atoms with Gasteiger partial charge in [-0.3, -0.25) is 4.98 Å². The van der Waals surface area contributed by atoms with Crippen LogP contribution in [-0.4, -0.2) is 21.3 Å². The molecule has 0 spiro atoms. The van der Waals surface area contributed by atoms with E-state index in [-0.39, 0.29) is 5.75 Å². The van der Waals surface area contributed by atoms with Crippen molar-refractivity contribution in [1.82, 2.24) is 15.0 Å². The SMILES string of the molecule is Cc1c(Nc2ccc(OC(F)(F)F)cc2)ncnc1-c1ccncc1. The molecular weight excluding hydrogens is 333 g/mol. The molecule has 3 aromatic rings. The molecule has 2 heterocycles. The molecule has 1 aromatic carbocycles. The van der Waals surface area contributed by atoms with E-state index in [1.165, 1.54) is 30.6 Å². The van der Waals surface area contributed by atoms with Crippen LogP contribution >= 0.6 is 0 Å². The van der Waals surface area contributed by atoms with E-state index >= 15 is 0 Å². The molecule has 3 rings (SSSR count). The van der Waals surface area contributed by atoms with E-state index in [4.69, 9.17) is 0 Å². The van der Waals surface area contributed by atoms with Crippen molar-refractivity contribution in [3.8, 4) is 17.0 Å². The highest BCUT2D eigenvalue weighted by Crippen LogP contribution is 2.28. The molecule has 0 radical (unpaired) electrons. The number of aromatic nitrogens is 3. The Labute approximate surface area is 141 Å². The summed E-state index contributed by atoms with van der Waals surface area (Å²) in [6.45, 7) is 1.86. The second-order valence-electron chi connectivity index (χ2n) is 5.13. The number of rotatable bonds is 4. The lowest BCUT2D eigenvalue weighted by Gasteiger charge is -2.12. The van der Waals surface area contributed by atoms with Crippen molar-refractivity contribution >= 4 is 11.5 Å². The molecule has 128 valence electrons. The van der Waals surface area contributed by atoms with Gasteiger partial charge in [0, 0.05) is 29.2 Å². The molecule has 0 aliphatic rings. The number of hydrogen-bond donors (Lipinski definition) is 1. The van der Waals surface area contributed by atoms with Crippen LogP contribution in [-0.2, 0) is 0 Å². The van der Waals surface area contributed by atoms with Gasteiger partial charge in [0.05, 0.1) is 5.69 Å². The zero-order valence-corrected chi connectivity index (χ0v) is 13.1. The molecule has 1 N–H and O–H groups in total. The standard InChI is InChI=1S/C17H13F3N4O/c1-11-15(12-6-8-21-9-7-12)22-10-23-16(11)24-13-2-4-14(5-3-13)25-17(18,19)20/h2-10H,1H3,(H,22,23,24). The predicted molar refractivity (Wildman–Crippen MR) is 86.4 cm³/mol. The van der Waals surface area contributed by atoms with Gasteiger partial charge in [0.15, 0.2) is 0 Å². The Balaban J connectivity index is 1.82. The van der Waals surface area contributed by atoms with Gasteiger partial charge >= 0.3 is 6.36 Å². The number of nitrogens with one attached hydrogen (secondary N) is 1. The maximum Gasteiger partial charge on any atom is 0.573 e. The third-order valence-electron chi connectivity index (χ3n) is 3.39. The smallest absolute Gasteiger partial charge is 0.406 e. The Hall–Kier alpha value is -3.16. The van der Waals surface area contributed by atoms with Crippen molar-refractivity contribution in [3.63, 3.8) is 0 Å². The number of anilines is 2. The fourth-order valence-electron chi connectivity index (χ4n) is 2.25. The highest BCUT2D eigenvalue weighted by atomic mass is 19.4. The largest absolute Gasteiger partial charge is 0.573 e. The Morgan fingerprint density at radius 1 is 0.960 bits per heavy atom. The van der Waals surface area contributed by atoms with Crippen LogP contribution in [0.5, 0.6) is 5.75 Å². The van der Waals surface area contributed by atoms with E-state index in [1.807, 2.05) is 19.1 Å². The summed E-state index contributed by atoms with van der Waals surface area (Å²) in [4.78, 5) is 12.4. The molecule has 8 heteroatoms. The third kappa shape index (κ3) is 4.23. The first kappa shape index (κ1) is 16.7. The van der Waals surface area contributed by atoms with E-state index in [1.54, 1.807) is 12.4 Å². The van der Waals surface area contributed by atoms with Crippen molar-refractivity contribution in [2.24, 2.45) is 0 Å². The Morgan fingerprint density at radius 3 is 2.28 bits per heavy atom. The molecule has 0 aliphatic heterocycles. The molecule has 0 aliphatic carbocycles. The summed E-state index contributed by atoms with van der Waals surface area (Å²) < 4.78 is 40.4. The first-order valence-electron chi connectivity index (χ1n) is 7.27. The van der Waals surface area contributed by atoms with E-state index in [0.29, 0.717) is 11.5 Å². The van der Waals surface area contributed by atoms with Crippen molar-refractivity contribution in [3.05, 3.63) is 60.7 Å². The van der Waals surface area contributed by atoms with Gasteiger partial charge in [0.1, 0.15) is 17.9 Å². The molecular formula is C17H13F3N4O. The highest BCUT2D eigenvalue weighted by molar-refractivity contribution is 5.70. The molecule has 0 saturated heterocycles. The zero-order valence-electron chi connectivity index (χ0n) is 13.1. The van der Waals surface area contributed by atoms with E-state index in [2.05, 4.69) is 25.0 Å². The van der Waals surface area contributed by atoms with Crippen LogP contribution in [0.25, 0.3) is 11.3 Å². The van der Waals surface area contributed by atoms with Gasteiger partial charge in [-0.2, -0.15) is 0 Å². The maximum absolute atomic E-state index is 12.2. The fraction of sp³-hybridized carbons (Fsp3) is 0.118. The normalized spacial score (nSPS) is 11.2. The van der Waals surface area contributed by atoms with Gasteiger partial charge in [-0.15, -0.1) is 13.2 Å². The van der Waals surface area contributed by atoms with Gasteiger partial charge in [0.2, 0.25) is 0 Å². The molecule has 0 amide bonds. The summed E-state index contributed by atoms with van der Waals surface area (Å²) in [5.74, 6) is 0.279. The van der Waals surface area contributed by atoms with Gasteiger partial charge in [-0.05, 0) is 43.3 Å². The zero-order chi connectivity index (χ0) is 17.9. The molecule has 5 nitrogen and oxygen atoms in total. The summed E-state index contributed by atoms with van der Waals surface area (Å²) in [6, 6.07) is 9.10. The van der Waals surface area contributed by atoms with Crippen LogP contribution in [0.4, 0.5) is 24.7 Å². The number of benzene rings is 1. The molecule has 0 unspecified atom stereocenters. The van der Waals surface area contributed by atoms with Crippen LogP contribution in [0.3, 0.4) is 0 Å². The lowest BCUT2D eigenvalue weighted by molar-refractivity contribution is -0.274. The third-order valence-corrected chi connectivity index (χ3v) is 3.39. The Bertz CT molecular complexity index is 852. The van der Waals surface area contributed by atoms with Crippen molar-refractivity contribution in [2.45, 2.75) is 13.3 Å². The number of pyridine rings is 1. The first-order chi connectivity index (χ1) is 11.9. The quantitative estimate of drug-likeness (QED) is 0.754. The monoisotopic (exact) mass is 346 g/mol. The van der Waals surface area contributed by atoms with Crippen LogP contribution < -0.4 is 10.1 Å². The van der Waals surface area contributed by atoms with Gasteiger partial charge in [-0.1, -0.05) is 0 Å². The van der Waals surface area contributed by atoms with Crippen molar-refractivity contribution in [1.29, 1.82) is 0 Å². The molecule has 0 bridgehead atoms. The second kappa shape index (κ2) is 6.76. The topological polar surface area (TPSA) is 59.9 Å². The lowest BCUT2D eigenvalue weighted by Crippen LogP contribution is -2.17. The minimum absolute atomic E-state index is 0.282. The van der Waals surface area contributed by atoms with E-state index < -0.39 is 6.36 Å². The fourth-order valence-corrected chi connectivity index (χ4v) is 2.25. The average Bonchev–Trinajstić information content (AvgIpc) is 2.58. The second-order valence-corrected chi connectivity index (χ2v) is 5.13. The van der Waals surface area contributed by atoms with Crippen LogP contribution in [0, 0.1) is 6.92 Å². The van der Waals surface area contributed by atoms with Crippen LogP contribution in [0.2, 0.25) is 0 Å². The number of nitrogens with zero attached hydrogens (tertiary/aromatic N) is 3. The summed E-state index contributed by atoms with van der Waals surface area (Å²) in [5, 5.41) is 3.07. The summed E-state index contributed by atoms with van der Waals surface area (Å²) in [7, 11) is 0. The lowest BCUT2D eigenvalue weighted by atomic mass is 10.1. The first-order valence-corrected chi connectivity index (χ1v) is 7.27. The molecule has 0 atom stereocenters. The molecule has 0 fully saturated rings. The number of alkyl halides is 3. The number of ether oxygens (including phenoxy) is 1. The molecule has 0 saturated carbocycles. The van der Waals surface area contributed by atoms with E-state index in [9.17, 15) is 13.2 Å². The minimum atomic E-state index is -4.71. The van der Waals surface area contributed by atoms with Crippen LogP contribution in [0.1, 0.15) is 5.56 Å². The van der Waals surface area contributed by atoms with Gasteiger partial charge in [-0.25, -0.2) is 9.97 Å². The van der Waals surface area contributed by atoms with Gasteiger partial charge < -0.3 is 10.1 Å². The Morgan fingerprint density at radius 2 is 1.64 bits per heavy atom. The Kier molecular flexibility index (Phi) is 4.51. The van der Waals surface area contributed by atoms with Crippen LogP contribution in [0.15, 0.2) is 55.1 Å². The summed E-state index contributed by atoms with van der Waals surface area (Å²) in [5.41, 5.74) is 3.03. The summed E-state index contributed by atoms with van der Waals surface area (Å²) in [6.07, 6.45) is 0.0522. The minimum Gasteiger partial charge on any atom is -0.406 e. The molecule has 2 aromatic heterocycles.